The van der Waals surface area contributed by atoms with Crippen LogP contribution in [0.15, 0.2) is 242 Å². The number of fused-ring (bicyclic) bond motifs is 3. The maximum atomic E-state index is 14.7. The van der Waals surface area contributed by atoms with Crippen LogP contribution in [-0.2, 0) is 128 Å². The van der Waals surface area contributed by atoms with Gasteiger partial charge in [0.2, 0.25) is 17.7 Å². The number of benzene rings is 9. The van der Waals surface area contributed by atoms with Crippen LogP contribution in [0.25, 0.3) is 33.4 Å². The molecule has 9 aromatic carbocycles. The van der Waals surface area contributed by atoms with Gasteiger partial charge in [0.1, 0.15) is 37.1 Å². The highest BCUT2D eigenvalue weighted by Crippen LogP contribution is 2.39. The van der Waals surface area contributed by atoms with Crippen molar-refractivity contribution in [2.45, 2.75) is 197 Å². The average molecular weight is 2070 g/mol. The SMILES string of the molecule is [2H]c1c([2H])c(-c2c([2H])c([2H])c(C(F)(F)F)c(C)c2[2H])c([2H])c([2H])c1CN(CCN(C([2H])([2H])C)C([2H])([2H])C)C(=O)Cn1c(SCc2ccc(F)cc2)nc(=O)c2c1C([2H])([2H])C([2H])([2H])C2([2H])[2H].[2H]c1c([2H])c(CSc2nc(=O)c3c(n2CC(=O)N(CCN(C([2H])([2H])C)C([2H])([2H])C)Cc2ccc(-c4ccc(C(F)(F)F)cc4)cc2)C([2H])([2H])C([2H])(C)C3([2H])[2H])c([2H])c([2H])c1F.[2H]c1c([2H])c(CSc2nc(=O)c3c(n2CC(=O)N(CCN(C([2H])([2H])C)C([2H])([2H])C)Cc2ccc(-c4ccc(C(F)(F)F)cc4)cc2)CCC3)c([2H])c([2H])c1F. The highest BCUT2D eigenvalue weighted by molar-refractivity contribution is 7.98. The first-order valence-electron chi connectivity index (χ1n) is 63.0. The van der Waals surface area contributed by atoms with Crippen LogP contribution >= 0.6 is 35.3 Å². The predicted octanol–water partition coefficient (Wildman–Crippen LogP) is 22.2. The van der Waals surface area contributed by atoms with Gasteiger partial charge in [-0.15, -0.1) is 0 Å². The number of rotatable bonds is 39. The molecular formula is C110H118F12N12O6S3. The van der Waals surface area contributed by atoms with Crippen molar-refractivity contribution in [1.82, 2.24) is 58.1 Å². The Morgan fingerprint density at radius 3 is 1.17 bits per heavy atom. The van der Waals surface area contributed by atoms with E-state index in [9.17, 15) is 81.5 Å². The minimum absolute atomic E-state index is 0.0176. The van der Waals surface area contributed by atoms with Gasteiger partial charge < -0.3 is 43.1 Å². The van der Waals surface area contributed by atoms with Crippen molar-refractivity contribution in [2.75, 3.05) is 78.2 Å². The smallest absolute Gasteiger partial charge is 0.336 e. The number of carbonyl (C=O) groups is 3. The van der Waals surface area contributed by atoms with Crippen LogP contribution in [0.3, 0.4) is 0 Å². The third-order valence-electron chi connectivity index (χ3n) is 22.4. The van der Waals surface area contributed by atoms with E-state index >= 15 is 0 Å². The summed E-state index contributed by atoms with van der Waals surface area (Å²) in [6, 6.07) is 13.4. The maximum Gasteiger partial charge on any atom is 0.416 e. The number of likely N-dealkylation sites (N-methyl/N-ethyl adjacent to an activating group) is 3. The molecule has 0 N–H and O–H groups in total. The summed E-state index contributed by atoms with van der Waals surface area (Å²) in [4.78, 5) is 102. The summed E-state index contributed by atoms with van der Waals surface area (Å²) in [5.74, 6) is -9.31. The lowest BCUT2D eigenvalue weighted by Crippen LogP contribution is -2.40. The van der Waals surface area contributed by atoms with E-state index in [2.05, 4.69) is 15.0 Å². The first kappa shape index (κ1) is 67.7. The molecule has 3 aliphatic rings. The number of hydrogen-bond donors (Lipinski definition) is 0. The summed E-state index contributed by atoms with van der Waals surface area (Å²) < 4.78 is 485. The van der Waals surface area contributed by atoms with E-state index in [1.807, 2.05) is 0 Å². The molecule has 3 amide bonds. The van der Waals surface area contributed by atoms with Crippen molar-refractivity contribution in [2.24, 2.45) is 5.89 Å². The van der Waals surface area contributed by atoms with E-state index in [0.29, 0.717) is 97.9 Å². The van der Waals surface area contributed by atoms with Gasteiger partial charge in [-0.2, -0.15) is 54.5 Å². The van der Waals surface area contributed by atoms with Gasteiger partial charge in [0, 0.05) is 141 Å². The topological polar surface area (TPSA) is 175 Å². The van der Waals surface area contributed by atoms with E-state index < -0.39 is 355 Å². The fourth-order valence-corrected chi connectivity index (χ4v) is 17.6. The quantitative estimate of drug-likeness (QED) is 0.0202. The van der Waals surface area contributed by atoms with Crippen LogP contribution in [0, 0.1) is 30.3 Å². The highest BCUT2D eigenvalue weighted by Gasteiger charge is 2.36. The van der Waals surface area contributed by atoms with E-state index in [1.54, 1.807) is 53.1 Å². The molecule has 1 atom stereocenters. The first-order valence-corrected chi connectivity index (χ1v) is 46.9. The summed E-state index contributed by atoms with van der Waals surface area (Å²) in [7, 11) is 0. The molecule has 3 aromatic heterocycles. The van der Waals surface area contributed by atoms with Crippen molar-refractivity contribution < 1.29 is 119 Å². The maximum absolute atomic E-state index is 14.7. The number of carbonyl (C=O) groups excluding carboxylic acids is 3. The number of alkyl halides is 9. The second kappa shape index (κ2) is 50.1. The Hall–Kier alpha value is -11.9. The summed E-state index contributed by atoms with van der Waals surface area (Å²) in [5.41, 5.74) is -8.75. The average Bonchev–Trinajstić information content (AvgIpc) is 1.52. The van der Waals surface area contributed by atoms with Crippen LogP contribution in [0.2, 0.25) is 0 Å². The minimum Gasteiger partial charge on any atom is -0.336 e. The Morgan fingerprint density at radius 2 is 0.762 bits per heavy atom. The molecular weight excluding hydrogens is 1910 g/mol. The Bertz CT molecular complexity index is 8540. The van der Waals surface area contributed by atoms with Gasteiger partial charge >= 0.3 is 18.5 Å². The van der Waals surface area contributed by atoms with Crippen molar-refractivity contribution in [1.29, 1.82) is 0 Å². The zero-order valence-electron chi connectivity index (χ0n) is 116. The van der Waals surface area contributed by atoms with Gasteiger partial charge in [0.05, 0.1) is 37.3 Å². The minimum atomic E-state index is -5.17. The lowest BCUT2D eigenvalue weighted by atomic mass is 9.98. The molecule has 0 aliphatic heterocycles. The summed E-state index contributed by atoms with van der Waals surface area (Å²) >= 11 is 2.16. The number of amides is 3. The van der Waals surface area contributed by atoms with Crippen molar-refractivity contribution >= 4 is 53.0 Å². The first-order chi connectivity index (χ1) is 82.9. The Balaban J connectivity index is 0.000000221. The van der Waals surface area contributed by atoms with Crippen molar-refractivity contribution in [3.8, 4) is 33.4 Å². The zero-order valence-corrected chi connectivity index (χ0v) is 80.3. The summed E-state index contributed by atoms with van der Waals surface area (Å²) in [6.45, 7) is -11.0. The number of hydrogen-bond acceptors (Lipinski definition) is 15. The van der Waals surface area contributed by atoms with Crippen LogP contribution in [0.5, 0.6) is 0 Å². The molecule has 12 aromatic rings. The molecule has 0 saturated heterocycles. The van der Waals surface area contributed by atoms with Crippen LogP contribution < -0.4 is 16.7 Å². The normalized spacial score (nSPS) is 20.1. The molecule has 0 fully saturated rings. The van der Waals surface area contributed by atoms with Gasteiger partial charge in [-0.05, 0) is 242 Å². The molecule has 0 saturated carbocycles. The van der Waals surface area contributed by atoms with Gasteiger partial charge in [0.15, 0.2) is 15.5 Å². The lowest BCUT2D eigenvalue weighted by Gasteiger charge is -2.28. The van der Waals surface area contributed by atoms with Gasteiger partial charge in [0.25, 0.3) is 16.7 Å². The molecule has 143 heavy (non-hydrogen) atoms. The molecule has 0 radical (unpaired) electrons. The molecule has 0 spiro atoms. The van der Waals surface area contributed by atoms with E-state index in [1.165, 1.54) is 55.1 Å². The molecule has 15 rings (SSSR count). The van der Waals surface area contributed by atoms with Gasteiger partial charge in [-0.3, -0.25) is 28.8 Å². The largest absolute Gasteiger partial charge is 0.416 e. The second-order valence-corrected chi connectivity index (χ2v) is 34.6. The van der Waals surface area contributed by atoms with Crippen molar-refractivity contribution in [3.05, 3.63) is 350 Å². The van der Waals surface area contributed by atoms with Gasteiger partial charge in [-0.25, -0.2) is 13.2 Å². The third kappa shape index (κ3) is 29.5. The van der Waals surface area contributed by atoms with Crippen LogP contribution in [-0.4, -0.2) is 154 Å². The van der Waals surface area contributed by atoms with E-state index in [4.69, 9.17) is 52.1 Å². The molecule has 3 aliphatic carbocycles. The third-order valence-corrected chi connectivity index (χ3v) is 25.4. The zero-order chi connectivity index (χ0) is 136. The van der Waals surface area contributed by atoms with Crippen LogP contribution in [0.4, 0.5) is 52.7 Å². The highest BCUT2D eigenvalue weighted by atomic mass is 32.2. The summed E-state index contributed by atoms with van der Waals surface area (Å²) in [5, 5.41) is -0.822. The fraction of sp³-hybridized carbons (Fsp3) is 0.373. The van der Waals surface area contributed by atoms with Crippen molar-refractivity contribution in [3.63, 3.8) is 0 Å². The number of aromatic nitrogens is 6. The number of thioether (sulfide) groups is 3. The summed E-state index contributed by atoms with van der Waals surface area (Å²) in [6.07, 6.45) is -28.7. The number of nitrogens with zero attached hydrogens (tertiary/aromatic N) is 12. The van der Waals surface area contributed by atoms with E-state index in [-0.39, 0.29) is 67.1 Å². The molecule has 18 nitrogen and oxygen atoms in total. The number of halogens is 12. The van der Waals surface area contributed by atoms with E-state index in [0.717, 1.165) is 118 Å². The monoisotopic (exact) mass is 2070 g/mol. The second-order valence-electron chi connectivity index (χ2n) is 31.8. The Labute approximate surface area is 891 Å². The standard InChI is InChI=1S/2C37H40F4N4O2S.C36H38F4N4O2S/c1-4-43(5-2)18-19-44(22-26-6-10-28(11-7-26)29-12-14-30(15-13-29)37(39,40)41)34(46)23-45-33-21-25(3)20-32(33)35(47)42-36(45)48-24-27-8-16-31(38)17-9-27;1-4-43(5-2)19-20-44(22-26-9-13-28(14-10-26)29-15-18-32(25(3)21-29)37(39,40)41)34(46)23-45-33-8-6-7-31(33)35(47)42-36(45)48-24-27-11-16-30(38)17-12-27;1-3-42(4-2)20-21-43(22-25-8-12-27(13-9-25)28-14-16-29(17-15-28)36(38,39)40)33(45)23-44-32-7-5-6-31(32)34(46)41-35(44)47-24-26-10-18-30(37)19-11-26/h6-17,25H,4-5,18-24H2,1-3H3;9-18,21H,4-8,19-20,22-24H2,1-3H3;8-19H,3-7,20-24H2,1-2H3/i4D2,5D2,8D,9D,16D,17D,20D2,21D2,25D;4D2,5D2,6D2,7D2,8D2,9D,10D,13D,14D,15D,18D,21D;3D2,4D2,10D,11D,18D,19D. The molecule has 33 heteroatoms. The predicted molar refractivity (Wildman–Crippen MR) is 539 cm³/mol. The van der Waals surface area contributed by atoms with Gasteiger partial charge in [-0.1, -0.05) is 229 Å². The fourth-order valence-electron chi connectivity index (χ4n) is 14.9. The molecule has 756 valence electrons. The lowest BCUT2D eigenvalue weighted by molar-refractivity contribution is -0.138. The Kier molecular flexibility index (Phi) is 23.7. The molecule has 3 heterocycles. The molecule has 0 bridgehead atoms. The Morgan fingerprint density at radius 1 is 0.399 bits per heavy atom. The van der Waals surface area contributed by atoms with Crippen LogP contribution in [0.1, 0.15) is 203 Å². The molecule has 1 unspecified atom stereocenters.